The maximum absolute atomic E-state index is 12.7. The zero-order valence-electron chi connectivity index (χ0n) is 16.8. The van der Waals surface area contributed by atoms with Crippen LogP contribution in [0.4, 0.5) is 0 Å². The molecule has 0 aliphatic carbocycles. The molecule has 3 rings (SSSR count). The first-order valence-electron chi connectivity index (χ1n) is 9.38. The predicted octanol–water partition coefficient (Wildman–Crippen LogP) is 2.45. The number of nitrogens with zero attached hydrogens (tertiary/aromatic N) is 3. The van der Waals surface area contributed by atoms with Crippen LogP contribution in [-0.4, -0.2) is 26.6 Å². The zero-order chi connectivity index (χ0) is 21.1. The number of rotatable bonds is 5. The van der Waals surface area contributed by atoms with Gasteiger partial charge < -0.3 is 0 Å². The minimum absolute atomic E-state index is 0.0730. The molecule has 2 aromatic heterocycles. The molecule has 0 fully saturated rings. The molecule has 9 heteroatoms. The molecule has 152 valence electrons. The van der Waals surface area contributed by atoms with Gasteiger partial charge in [-0.3, -0.25) is 25.2 Å². The van der Waals surface area contributed by atoms with Crippen LogP contribution in [0.15, 0.2) is 29.1 Å². The van der Waals surface area contributed by atoms with Crippen LogP contribution in [-0.2, 0) is 13.0 Å². The molecule has 8 nitrogen and oxygen atoms in total. The Morgan fingerprint density at radius 3 is 2.45 bits per heavy atom. The molecule has 2 heterocycles. The van der Waals surface area contributed by atoms with Gasteiger partial charge in [-0.05, 0) is 25.8 Å². The third-order valence-corrected chi connectivity index (χ3v) is 5.48. The molecular formula is C20H23N5O3S. The van der Waals surface area contributed by atoms with Gasteiger partial charge in [0.2, 0.25) is 0 Å². The Kier molecular flexibility index (Phi) is 6.07. The third kappa shape index (κ3) is 4.34. The van der Waals surface area contributed by atoms with Crippen LogP contribution >= 0.6 is 11.3 Å². The molecule has 0 saturated heterocycles. The van der Waals surface area contributed by atoms with E-state index in [1.807, 2.05) is 0 Å². The fourth-order valence-corrected chi connectivity index (χ4v) is 4.12. The standard InChI is InChI=1S/C20H23N5O3S/c1-5-25-20(28)14-9-7-6-8-13(14)16(24-25)18(26)22-23-19(27)17-12(4)21-15(29-17)10-11(2)3/h6-9,11H,5,10H2,1-4H3,(H,22,26)(H,23,27). The van der Waals surface area contributed by atoms with E-state index in [1.54, 1.807) is 38.1 Å². The fourth-order valence-electron chi connectivity index (χ4n) is 2.95. The normalized spacial score (nSPS) is 11.1. The van der Waals surface area contributed by atoms with Crippen molar-refractivity contribution in [1.29, 1.82) is 0 Å². The quantitative estimate of drug-likeness (QED) is 0.625. The molecule has 0 saturated carbocycles. The van der Waals surface area contributed by atoms with Crippen molar-refractivity contribution in [2.24, 2.45) is 5.92 Å². The maximum atomic E-state index is 12.7. The first kappa shape index (κ1) is 20.7. The summed E-state index contributed by atoms with van der Waals surface area (Å²) >= 11 is 1.32. The molecule has 1 aromatic carbocycles. The molecule has 3 aromatic rings. The summed E-state index contributed by atoms with van der Waals surface area (Å²) in [7, 11) is 0. The van der Waals surface area contributed by atoms with Crippen LogP contribution < -0.4 is 16.4 Å². The highest BCUT2D eigenvalue weighted by Gasteiger charge is 2.19. The van der Waals surface area contributed by atoms with E-state index in [9.17, 15) is 14.4 Å². The molecule has 0 aliphatic heterocycles. The summed E-state index contributed by atoms with van der Waals surface area (Å²) in [6.45, 7) is 8.04. The first-order chi connectivity index (χ1) is 13.8. The lowest BCUT2D eigenvalue weighted by molar-refractivity contribution is 0.0845. The van der Waals surface area contributed by atoms with Crippen LogP contribution in [0.25, 0.3) is 10.8 Å². The number of hydrogen-bond acceptors (Lipinski definition) is 6. The fraction of sp³-hybridized carbons (Fsp3) is 0.350. The second-order valence-corrected chi connectivity index (χ2v) is 8.13. The van der Waals surface area contributed by atoms with Crippen LogP contribution in [0.1, 0.15) is 51.6 Å². The summed E-state index contributed by atoms with van der Waals surface area (Å²) < 4.78 is 1.23. The van der Waals surface area contributed by atoms with E-state index >= 15 is 0 Å². The number of amides is 2. The number of hydrazine groups is 1. The smallest absolute Gasteiger partial charge is 0.267 e. The van der Waals surface area contributed by atoms with E-state index in [2.05, 4.69) is 34.8 Å². The molecule has 0 unspecified atom stereocenters. The maximum Gasteiger partial charge on any atom is 0.290 e. The number of fused-ring (bicyclic) bond motifs is 1. The van der Waals surface area contributed by atoms with Gasteiger partial charge in [0.05, 0.1) is 16.1 Å². The number of carbonyl (C=O) groups excluding carboxylic acids is 2. The second kappa shape index (κ2) is 8.52. The van der Waals surface area contributed by atoms with Crippen LogP contribution in [0, 0.1) is 12.8 Å². The van der Waals surface area contributed by atoms with E-state index in [1.165, 1.54) is 16.0 Å². The summed E-state index contributed by atoms with van der Waals surface area (Å²) in [5.41, 5.74) is 5.26. The van der Waals surface area contributed by atoms with Gasteiger partial charge in [0, 0.05) is 18.4 Å². The number of benzene rings is 1. The highest BCUT2D eigenvalue weighted by molar-refractivity contribution is 7.13. The van der Waals surface area contributed by atoms with E-state index in [0.717, 1.165) is 11.4 Å². The highest BCUT2D eigenvalue weighted by Crippen LogP contribution is 2.20. The Bertz CT molecular complexity index is 1130. The zero-order valence-corrected chi connectivity index (χ0v) is 17.6. The van der Waals surface area contributed by atoms with Crippen molar-refractivity contribution in [2.45, 2.75) is 40.7 Å². The topological polar surface area (TPSA) is 106 Å². The SMILES string of the molecule is CCn1nc(C(=O)NNC(=O)c2sc(CC(C)C)nc2C)c2ccccc2c1=O. The lowest BCUT2D eigenvalue weighted by Crippen LogP contribution is -2.42. The number of aromatic nitrogens is 3. The third-order valence-electron chi connectivity index (χ3n) is 4.30. The number of nitrogens with one attached hydrogen (secondary N) is 2. The average molecular weight is 414 g/mol. The van der Waals surface area contributed by atoms with Gasteiger partial charge in [0.15, 0.2) is 5.69 Å². The van der Waals surface area contributed by atoms with Gasteiger partial charge in [-0.15, -0.1) is 11.3 Å². The summed E-state index contributed by atoms with van der Waals surface area (Å²) in [5, 5.41) is 5.87. The molecule has 29 heavy (non-hydrogen) atoms. The number of thiazole rings is 1. The van der Waals surface area contributed by atoms with E-state index in [0.29, 0.717) is 33.8 Å². The van der Waals surface area contributed by atoms with Crippen molar-refractivity contribution < 1.29 is 9.59 Å². The first-order valence-corrected chi connectivity index (χ1v) is 10.2. The van der Waals surface area contributed by atoms with E-state index in [4.69, 9.17) is 0 Å². The average Bonchev–Trinajstić information content (AvgIpc) is 3.05. The molecule has 0 aliphatic rings. The molecule has 0 atom stereocenters. The van der Waals surface area contributed by atoms with Crippen molar-refractivity contribution in [1.82, 2.24) is 25.6 Å². The summed E-state index contributed by atoms with van der Waals surface area (Å²) in [5.74, 6) is -0.595. The van der Waals surface area contributed by atoms with Gasteiger partial charge in [0.25, 0.3) is 17.4 Å². The van der Waals surface area contributed by atoms with Gasteiger partial charge in [0.1, 0.15) is 4.88 Å². The molecule has 2 amide bonds. The monoisotopic (exact) mass is 413 g/mol. The highest BCUT2D eigenvalue weighted by atomic mass is 32.1. The van der Waals surface area contributed by atoms with Crippen LogP contribution in [0.5, 0.6) is 0 Å². The Labute approximate surface area is 171 Å². The van der Waals surface area contributed by atoms with Gasteiger partial charge in [-0.2, -0.15) is 5.10 Å². The number of carbonyl (C=O) groups is 2. The van der Waals surface area contributed by atoms with Crippen molar-refractivity contribution in [3.63, 3.8) is 0 Å². The minimum atomic E-state index is -0.596. The summed E-state index contributed by atoms with van der Waals surface area (Å²) in [6.07, 6.45) is 0.791. The van der Waals surface area contributed by atoms with Crippen molar-refractivity contribution >= 4 is 33.9 Å². The molecular weight excluding hydrogens is 390 g/mol. The van der Waals surface area contributed by atoms with Gasteiger partial charge >= 0.3 is 0 Å². The lowest BCUT2D eigenvalue weighted by Gasteiger charge is -2.10. The molecule has 2 N–H and O–H groups in total. The Morgan fingerprint density at radius 2 is 1.79 bits per heavy atom. The van der Waals surface area contributed by atoms with Gasteiger partial charge in [-0.25, -0.2) is 9.67 Å². The Hall–Kier alpha value is -3.07. The molecule has 0 spiro atoms. The Morgan fingerprint density at radius 1 is 1.14 bits per heavy atom. The van der Waals surface area contributed by atoms with Crippen molar-refractivity contribution in [2.75, 3.05) is 0 Å². The van der Waals surface area contributed by atoms with Gasteiger partial charge in [-0.1, -0.05) is 32.0 Å². The summed E-state index contributed by atoms with van der Waals surface area (Å²) in [6, 6.07) is 6.77. The van der Waals surface area contributed by atoms with Crippen LogP contribution in [0.3, 0.4) is 0 Å². The second-order valence-electron chi connectivity index (χ2n) is 7.04. The number of aryl methyl sites for hydroxylation is 2. The minimum Gasteiger partial charge on any atom is -0.267 e. The van der Waals surface area contributed by atoms with E-state index < -0.39 is 11.8 Å². The van der Waals surface area contributed by atoms with E-state index in [-0.39, 0.29) is 11.3 Å². The molecule has 0 bridgehead atoms. The lowest BCUT2D eigenvalue weighted by atomic mass is 10.1. The predicted molar refractivity (Wildman–Crippen MR) is 112 cm³/mol. The van der Waals surface area contributed by atoms with Crippen molar-refractivity contribution in [3.8, 4) is 0 Å². The number of hydrogen-bond donors (Lipinski definition) is 2. The summed E-state index contributed by atoms with van der Waals surface area (Å²) in [4.78, 5) is 42.5. The molecule has 0 radical (unpaired) electrons. The van der Waals surface area contributed by atoms with Crippen molar-refractivity contribution in [3.05, 3.63) is 55.9 Å². The largest absolute Gasteiger partial charge is 0.290 e. The van der Waals surface area contributed by atoms with Crippen LogP contribution in [0.2, 0.25) is 0 Å². The Balaban J connectivity index is 1.81.